The normalized spacial score (nSPS) is 22.1. The predicted octanol–water partition coefficient (Wildman–Crippen LogP) is 3.92. The minimum absolute atomic E-state index is 0.571. The summed E-state index contributed by atoms with van der Waals surface area (Å²) in [5.41, 5.74) is 0. The van der Waals surface area contributed by atoms with Crippen molar-refractivity contribution in [2.45, 2.75) is 65.2 Å². The lowest BCUT2D eigenvalue weighted by Crippen LogP contribution is -2.36. The van der Waals surface area contributed by atoms with Crippen LogP contribution >= 0.6 is 11.8 Å². The molecule has 0 aromatic carbocycles. The molecular formula is C14H28N2S. The van der Waals surface area contributed by atoms with Crippen LogP contribution in [-0.4, -0.2) is 23.0 Å². The number of nitrogens with zero attached hydrogens (tertiary/aromatic N) is 1. The predicted molar refractivity (Wildman–Crippen MR) is 79.8 cm³/mol. The molecule has 1 rings (SSSR count). The van der Waals surface area contributed by atoms with Crippen molar-refractivity contribution < 1.29 is 0 Å². The maximum Gasteiger partial charge on any atom is 0.157 e. The minimum Gasteiger partial charge on any atom is -0.362 e. The fourth-order valence-electron chi connectivity index (χ4n) is 2.43. The molecule has 0 saturated carbocycles. The summed E-state index contributed by atoms with van der Waals surface area (Å²) < 4.78 is 0. The molecule has 0 aromatic heterocycles. The summed E-state index contributed by atoms with van der Waals surface area (Å²) in [6.07, 6.45) is 3.73. The molecule has 3 heteroatoms. The fourth-order valence-corrected chi connectivity index (χ4v) is 3.81. The van der Waals surface area contributed by atoms with Gasteiger partial charge in [-0.1, -0.05) is 59.2 Å². The van der Waals surface area contributed by atoms with Crippen LogP contribution in [0.1, 0.15) is 53.9 Å². The Hall–Kier alpha value is -0.180. The lowest BCUT2D eigenvalue weighted by molar-refractivity contribution is 0.444. The molecule has 100 valence electrons. The van der Waals surface area contributed by atoms with Crippen LogP contribution in [0.25, 0.3) is 0 Å². The molecule has 2 unspecified atom stereocenters. The zero-order valence-corrected chi connectivity index (χ0v) is 12.8. The first-order valence-electron chi connectivity index (χ1n) is 7.09. The molecule has 1 heterocycles. The second-order valence-electron chi connectivity index (χ2n) is 5.28. The standard InChI is InChI=1S/C14H28N2S/c1-6-11(7-2)13-9-15-14(17-13)16-12(8-3)10(4)5/h10-13H,6-9H2,1-5H3,(H,15,16). The number of amidine groups is 1. The molecule has 0 aromatic rings. The van der Waals surface area contributed by atoms with Crippen LogP contribution in [0, 0.1) is 11.8 Å². The van der Waals surface area contributed by atoms with Crippen LogP contribution in [0.3, 0.4) is 0 Å². The number of aliphatic imine (C=N–C) groups is 1. The monoisotopic (exact) mass is 256 g/mol. The molecule has 2 atom stereocenters. The molecular weight excluding hydrogens is 228 g/mol. The number of nitrogens with one attached hydrogen (secondary N) is 1. The first kappa shape index (κ1) is 14.9. The third-order valence-corrected chi connectivity index (χ3v) is 5.11. The van der Waals surface area contributed by atoms with E-state index in [9.17, 15) is 0 Å². The Bertz CT molecular complexity index is 247. The van der Waals surface area contributed by atoms with Crippen LogP contribution in [-0.2, 0) is 0 Å². The van der Waals surface area contributed by atoms with Crippen molar-refractivity contribution in [2.75, 3.05) is 6.54 Å². The van der Waals surface area contributed by atoms with Crippen molar-refractivity contribution in [1.82, 2.24) is 5.32 Å². The molecule has 0 saturated heterocycles. The van der Waals surface area contributed by atoms with Gasteiger partial charge in [-0.3, -0.25) is 4.99 Å². The third kappa shape index (κ3) is 4.20. The molecule has 2 nitrogen and oxygen atoms in total. The van der Waals surface area contributed by atoms with Crippen molar-refractivity contribution in [3.63, 3.8) is 0 Å². The molecule has 1 aliphatic rings. The Morgan fingerprint density at radius 3 is 2.35 bits per heavy atom. The fraction of sp³-hybridized carbons (Fsp3) is 0.929. The summed E-state index contributed by atoms with van der Waals surface area (Å²) in [6.45, 7) is 12.4. The van der Waals surface area contributed by atoms with Crippen molar-refractivity contribution in [3.05, 3.63) is 0 Å². The van der Waals surface area contributed by atoms with Gasteiger partial charge in [0.25, 0.3) is 0 Å². The highest BCUT2D eigenvalue weighted by atomic mass is 32.2. The Kier molecular flexibility index (Phi) is 6.39. The summed E-state index contributed by atoms with van der Waals surface area (Å²) in [6, 6.07) is 0.571. The number of rotatable bonds is 6. The van der Waals surface area contributed by atoms with Crippen LogP contribution in [0.15, 0.2) is 4.99 Å². The maximum atomic E-state index is 4.67. The SMILES string of the molecule is CCC(CC)C1CN=C(NC(CC)C(C)C)S1. The Balaban J connectivity index is 2.44. The van der Waals surface area contributed by atoms with E-state index in [4.69, 9.17) is 0 Å². The Labute approximate surface area is 111 Å². The van der Waals surface area contributed by atoms with E-state index >= 15 is 0 Å². The van der Waals surface area contributed by atoms with Crippen LogP contribution in [0.2, 0.25) is 0 Å². The molecule has 0 radical (unpaired) electrons. The Morgan fingerprint density at radius 1 is 1.24 bits per heavy atom. The van der Waals surface area contributed by atoms with E-state index in [1.54, 1.807) is 0 Å². The zero-order chi connectivity index (χ0) is 12.8. The molecule has 0 fully saturated rings. The molecule has 1 aliphatic heterocycles. The molecule has 17 heavy (non-hydrogen) atoms. The van der Waals surface area contributed by atoms with Crippen molar-refractivity contribution in [2.24, 2.45) is 16.8 Å². The van der Waals surface area contributed by atoms with E-state index in [1.165, 1.54) is 24.4 Å². The molecule has 0 spiro atoms. The van der Waals surface area contributed by atoms with E-state index in [0.29, 0.717) is 17.2 Å². The number of thioether (sulfide) groups is 1. The second kappa shape index (κ2) is 7.30. The average molecular weight is 256 g/mol. The lowest BCUT2D eigenvalue weighted by Gasteiger charge is -2.23. The molecule has 0 amide bonds. The van der Waals surface area contributed by atoms with Gasteiger partial charge in [0.05, 0.1) is 6.54 Å². The topological polar surface area (TPSA) is 24.4 Å². The Morgan fingerprint density at radius 2 is 1.88 bits per heavy atom. The smallest absolute Gasteiger partial charge is 0.157 e. The van der Waals surface area contributed by atoms with Gasteiger partial charge < -0.3 is 5.32 Å². The van der Waals surface area contributed by atoms with Crippen LogP contribution in [0.5, 0.6) is 0 Å². The van der Waals surface area contributed by atoms with Gasteiger partial charge in [0.2, 0.25) is 0 Å². The second-order valence-corrected chi connectivity index (χ2v) is 6.51. The summed E-state index contributed by atoms with van der Waals surface area (Å²) >= 11 is 1.97. The maximum absolute atomic E-state index is 4.67. The van der Waals surface area contributed by atoms with E-state index in [0.717, 1.165) is 12.5 Å². The van der Waals surface area contributed by atoms with Gasteiger partial charge in [-0.15, -0.1) is 0 Å². The van der Waals surface area contributed by atoms with Gasteiger partial charge in [0, 0.05) is 11.3 Å². The zero-order valence-electron chi connectivity index (χ0n) is 12.0. The summed E-state index contributed by atoms with van der Waals surface area (Å²) in [4.78, 5) is 4.67. The van der Waals surface area contributed by atoms with E-state index in [2.05, 4.69) is 44.9 Å². The first-order valence-corrected chi connectivity index (χ1v) is 7.97. The summed E-state index contributed by atoms with van der Waals surface area (Å²) in [7, 11) is 0. The number of hydrogen-bond acceptors (Lipinski definition) is 3. The first-order chi connectivity index (χ1) is 8.12. The van der Waals surface area contributed by atoms with Crippen LogP contribution < -0.4 is 5.32 Å². The van der Waals surface area contributed by atoms with E-state index < -0.39 is 0 Å². The largest absolute Gasteiger partial charge is 0.362 e. The highest BCUT2D eigenvalue weighted by Crippen LogP contribution is 2.30. The van der Waals surface area contributed by atoms with Gasteiger partial charge in [0.1, 0.15) is 0 Å². The van der Waals surface area contributed by atoms with Gasteiger partial charge in [-0.2, -0.15) is 0 Å². The highest BCUT2D eigenvalue weighted by molar-refractivity contribution is 8.14. The van der Waals surface area contributed by atoms with Gasteiger partial charge in [-0.05, 0) is 18.3 Å². The third-order valence-electron chi connectivity index (χ3n) is 3.81. The lowest BCUT2D eigenvalue weighted by atomic mass is 9.99. The van der Waals surface area contributed by atoms with E-state index in [1.807, 2.05) is 11.8 Å². The highest BCUT2D eigenvalue weighted by Gasteiger charge is 2.27. The van der Waals surface area contributed by atoms with Crippen LogP contribution in [0.4, 0.5) is 0 Å². The quantitative estimate of drug-likeness (QED) is 0.779. The average Bonchev–Trinajstić information content (AvgIpc) is 2.76. The van der Waals surface area contributed by atoms with Crippen molar-refractivity contribution in [1.29, 1.82) is 0 Å². The molecule has 0 aliphatic carbocycles. The molecule has 1 N–H and O–H groups in total. The van der Waals surface area contributed by atoms with E-state index in [-0.39, 0.29) is 0 Å². The van der Waals surface area contributed by atoms with Crippen molar-refractivity contribution in [3.8, 4) is 0 Å². The van der Waals surface area contributed by atoms with Gasteiger partial charge in [-0.25, -0.2) is 0 Å². The molecule has 0 bridgehead atoms. The summed E-state index contributed by atoms with van der Waals surface area (Å²) in [5.74, 6) is 1.50. The van der Waals surface area contributed by atoms with Gasteiger partial charge in [0.15, 0.2) is 5.17 Å². The minimum atomic E-state index is 0.571. The number of hydrogen-bond donors (Lipinski definition) is 1. The van der Waals surface area contributed by atoms with Gasteiger partial charge >= 0.3 is 0 Å². The summed E-state index contributed by atoms with van der Waals surface area (Å²) in [5, 5.41) is 5.50. The van der Waals surface area contributed by atoms with Crippen molar-refractivity contribution >= 4 is 16.9 Å².